The van der Waals surface area contributed by atoms with Crippen LogP contribution in [0.1, 0.15) is 10.4 Å². The molecule has 0 radical (unpaired) electrons. The van der Waals surface area contributed by atoms with Crippen LogP contribution < -0.4 is 5.32 Å². The Balaban J connectivity index is 2.18. The zero-order valence-electron chi connectivity index (χ0n) is 7.91. The highest BCUT2D eigenvalue weighted by Crippen LogP contribution is 2.17. The van der Waals surface area contributed by atoms with Gasteiger partial charge in [0.2, 0.25) is 0 Å². The van der Waals surface area contributed by atoms with Crippen molar-refractivity contribution >= 4 is 27.7 Å². The van der Waals surface area contributed by atoms with E-state index in [2.05, 4.69) is 30.9 Å². The lowest BCUT2D eigenvalue weighted by Crippen LogP contribution is -2.12. The molecule has 0 aliphatic rings. The number of rotatable bonds is 2. The molecule has 0 spiro atoms. The van der Waals surface area contributed by atoms with Gasteiger partial charge in [-0.2, -0.15) is 0 Å². The van der Waals surface area contributed by atoms with Gasteiger partial charge < -0.3 is 9.84 Å². The maximum Gasteiger partial charge on any atom is 0.256 e. The fraction of sp³-hybridized carbons (Fsp3) is 0. The molecule has 1 amide bonds. The topological polar surface area (TPSA) is 55.1 Å². The summed E-state index contributed by atoms with van der Waals surface area (Å²) in [6.45, 7) is 0. The van der Waals surface area contributed by atoms with Gasteiger partial charge in [-0.15, -0.1) is 0 Å². The van der Waals surface area contributed by atoms with E-state index in [1.165, 1.54) is 30.5 Å². The number of carbonyl (C=O) groups is 1. The number of nitrogens with zero attached hydrogens (tertiary/aromatic N) is 1. The molecule has 0 saturated heterocycles. The molecule has 1 N–H and O–H groups in total. The van der Waals surface area contributed by atoms with E-state index in [9.17, 15) is 9.18 Å². The molecule has 0 unspecified atom stereocenters. The minimum Gasteiger partial charge on any atom is -0.363 e. The number of halogens is 2. The van der Waals surface area contributed by atoms with Crippen molar-refractivity contribution in [3.63, 3.8) is 0 Å². The number of aromatic nitrogens is 1. The highest BCUT2D eigenvalue weighted by molar-refractivity contribution is 9.10. The predicted molar refractivity (Wildman–Crippen MR) is 58.6 cm³/mol. The highest BCUT2D eigenvalue weighted by atomic mass is 79.9. The molecule has 16 heavy (non-hydrogen) atoms. The summed E-state index contributed by atoms with van der Waals surface area (Å²) in [6.07, 6.45) is 1.34. The van der Waals surface area contributed by atoms with Gasteiger partial charge in [0.1, 0.15) is 12.1 Å². The van der Waals surface area contributed by atoms with Gasteiger partial charge in [0.15, 0.2) is 5.82 Å². The number of nitrogens with one attached hydrogen (secondary N) is 1. The molecule has 0 bridgehead atoms. The first-order valence-electron chi connectivity index (χ1n) is 4.33. The Morgan fingerprint density at radius 2 is 2.25 bits per heavy atom. The predicted octanol–water partition coefficient (Wildman–Crippen LogP) is 2.83. The maximum atomic E-state index is 12.9. The second kappa shape index (κ2) is 4.44. The highest BCUT2D eigenvalue weighted by Gasteiger charge is 2.09. The van der Waals surface area contributed by atoms with Gasteiger partial charge >= 0.3 is 0 Å². The van der Waals surface area contributed by atoms with Gasteiger partial charge in [-0.25, -0.2) is 4.39 Å². The molecular weight excluding hydrogens is 279 g/mol. The maximum absolute atomic E-state index is 12.9. The first-order valence-corrected chi connectivity index (χ1v) is 5.13. The van der Waals surface area contributed by atoms with Gasteiger partial charge in [-0.05, 0) is 34.1 Å². The normalized spacial score (nSPS) is 10.1. The minimum absolute atomic E-state index is 0.236. The summed E-state index contributed by atoms with van der Waals surface area (Å²) in [4.78, 5) is 11.6. The van der Waals surface area contributed by atoms with Crippen molar-refractivity contribution in [1.29, 1.82) is 0 Å². The van der Waals surface area contributed by atoms with Gasteiger partial charge in [-0.3, -0.25) is 4.79 Å². The number of amides is 1. The van der Waals surface area contributed by atoms with E-state index in [1.54, 1.807) is 0 Å². The van der Waals surface area contributed by atoms with Crippen LogP contribution in [0.5, 0.6) is 0 Å². The Morgan fingerprint density at radius 3 is 2.88 bits per heavy atom. The van der Waals surface area contributed by atoms with Crippen LogP contribution >= 0.6 is 15.9 Å². The van der Waals surface area contributed by atoms with E-state index < -0.39 is 5.82 Å². The summed E-state index contributed by atoms with van der Waals surface area (Å²) in [7, 11) is 0. The summed E-state index contributed by atoms with van der Waals surface area (Å²) in [6, 6.07) is 5.50. The summed E-state index contributed by atoms with van der Waals surface area (Å²) in [5, 5.41) is 6.03. The zero-order valence-corrected chi connectivity index (χ0v) is 9.49. The van der Waals surface area contributed by atoms with Crippen LogP contribution in [0, 0.1) is 5.82 Å². The Morgan fingerprint density at radius 1 is 1.44 bits per heavy atom. The third-order valence-corrected chi connectivity index (χ3v) is 2.47. The van der Waals surface area contributed by atoms with Crippen LogP contribution in [-0.2, 0) is 0 Å². The fourth-order valence-electron chi connectivity index (χ4n) is 1.10. The fourth-order valence-corrected chi connectivity index (χ4v) is 1.48. The van der Waals surface area contributed by atoms with Gasteiger partial charge in [0.05, 0.1) is 4.47 Å². The van der Waals surface area contributed by atoms with Crippen molar-refractivity contribution in [2.45, 2.75) is 0 Å². The van der Waals surface area contributed by atoms with Gasteiger partial charge in [0.25, 0.3) is 5.91 Å². The number of benzene rings is 1. The largest absolute Gasteiger partial charge is 0.363 e. The lowest BCUT2D eigenvalue weighted by Gasteiger charge is -2.02. The number of carbonyl (C=O) groups excluding carboxylic acids is 1. The van der Waals surface area contributed by atoms with E-state index in [0.717, 1.165) is 0 Å². The van der Waals surface area contributed by atoms with Crippen molar-refractivity contribution in [2.24, 2.45) is 0 Å². The smallest absolute Gasteiger partial charge is 0.256 e. The Bertz CT molecular complexity index is 514. The summed E-state index contributed by atoms with van der Waals surface area (Å²) < 4.78 is 17.7. The average molecular weight is 285 g/mol. The van der Waals surface area contributed by atoms with Crippen molar-refractivity contribution in [1.82, 2.24) is 5.16 Å². The summed E-state index contributed by atoms with van der Waals surface area (Å²) in [5.74, 6) is -0.488. The summed E-state index contributed by atoms with van der Waals surface area (Å²) >= 11 is 3.00. The molecule has 1 heterocycles. The standard InChI is InChI=1S/C10H6BrFN2O2/c11-7-5-6(1-2-8(7)12)10(15)13-9-3-4-16-14-9/h1-5H,(H,13,14,15). The molecule has 6 heteroatoms. The molecule has 0 aliphatic carbocycles. The number of hydrogen-bond donors (Lipinski definition) is 1. The van der Waals surface area contributed by atoms with Crippen LogP contribution in [0.3, 0.4) is 0 Å². The molecule has 82 valence electrons. The third-order valence-electron chi connectivity index (χ3n) is 1.86. The van der Waals surface area contributed by atoms with E-state index >= 15 is 0 Å². The Kier molecular flexibility index (Phi) is 3.00. The molecule has 0 aliphatic heterocycles. The van der Waals surface area contributed by atoms with Crippen molar-refractivity contribution in [3.8, 4) is 0 Å². The Hall–Kier alpha value is -1.69. The van der Waals surface area contributed by atoms with Crippen LogP contribution in [0.25, 0.3) is 0 Å². The van der Waals surface area contributed by atoms with E-state index in [0.29, 0.717) is 11.4 Å². The second-order valence-electron chi connectivity index (χ2n) is 2.97. The van der Waals surface area contributed by atoms with Crippen LogP contribution in [0.4, 0.5) is 10.2 Å². The quantitative estimate of drug-likeness (QED) is 0.923. The molecule has 0 saturated carbocycles. The molecule has 2 aromatic rings. The first-order chi connectivity index (χ1) is 7.66. The van der Waals surface area contributed by atoms with Crippen molar-refractivity contribution < 1.29 is 13.7 Å². The summed E-state index contributed by atoms with van der Waals surface area (Å²) in [5.41, 5.74) is 0.330. The van der Waals surface area contributed by atoms with Crippen molar-refractivity contribution in [3.05, 3.63) is 46.4 Å². The number of anilines is 1. The molecule has 0 fully saturated rings. The average Bonchev–Trinajstić information content (AvgIpc) is 2.74. The molecule has 0 atom stereocenters. The van der Waals surface area contributed by atoms with E-state index in [1.807, 2.05) is 0 Å². The lowest BCUT2D eigenvalue weighted by atomic mass is 10.2. The molecule has 1 aromatic heterocycles. The monoisotopic (exact) mass is 284 g/mol. The van der Waals surface area contributed by atoms with Crippen LogP contribution in [-0.4, -0.2) is 11.1 Å². The van der Waals surface area contributed by atoms with Crippen LogP contribution in [0.2, 0.25) is 0 Å². The van der Waals surface area contributed by atoms with Crippen LogP contribution in [0.15, 0.2) is 39.5 Å². The zero-order chi connectivity index (χ0) is 11.5. The molecule has 1 aromatic carbocycles. The molecule has 2 rings (SSSR count). The number of hydrogen-bond acceptors (Lipinski definition) is 3. The van der Waals surface area contributed by atoms with E-state index in [4.69, 9.17) is 0 Å². The second-order valence-corrected chi connectivity index (χ2v) is 3.82. The molecular formula is C10H6BrFN2O2. The third kappa shape index (κ3) is 2.27. The van der Waals surface area contributed by atoms with Crippen molar-refractivity contribution in [2.75, 3.05) is 5.32 Å². The Labute approximate surface area is 98.6 Å². The first kappa shape index (κ1) is 10.8. The lowest BCUT2D eigenvalue weighted by molar-refractivity contribution is 0.102. The minimum atomic E-state index is -0.419. The van der Waals surface area contributed by atoms with Gasteiger partial charge in [-0.1, -0.05) is 5.16 Å². The SMILES string of the molecule is O=C(Nc1ccon1)c1ccc(F)c(Br)c1. The van der Waals surface area contributed by atoms with E-state index in [-0.39, 0.29) is 10.4 Å². The van der Waals surface area contributed by atoms with Gasteiger partial charge in [0, 0.05) is 11.6 Å². The molecule has 4 nitrogen and oxygen atoms in total.